The summed E-state index contributed by atoms with van der Waals surface area (Å²) in [5, 5.41) is 6.55. The van der Waals surface area contributed by atoms with Crippen LogP contribution in [-0.4, -0.2) is 51.3 Å². The molecule has 0 bridgehead atoms. The van der Waals surface area contributed by atoms with Gasteiger partial charge < -0.3 is 25.8 Å². The number of hydrogen-bond acceptors (Lipinski definition) is 4. The zero-order valence-corrected chi connectivity index (χ0v) is 15.2. The summed E-state index contributed by atoms with van der Waals surface area (Å²) in [5.41, 5.74) is 6.22. The Bertz CT molecular complexity index is 518. The van der Waals surface area contributed by atoms with Crippen LogP contribution in [0, 0.1) is 0 Å². The molecule has 7 nitrogen and oxygen atoms in total. The lowest BCUT2D eigenvalue weighted by molar-refractivity contribution is -0.119. The number of guanidine groups is 1. The molecule has 25 heavy (non-hydrogen) atoms. The summed E-state index contributed by atoms with van der Waals surface area (Å²) in [7, 11) is 0. The molecule has 0 radical (unpaired) electrons. The van der Waals surface area contributed by atoms with E-state index < -0.39 is 5.91 Å². The fourth-order valence-corrected chi connectivity index (χ4v) is 2.08. The summed E-state index contributed by atoms with van der Waals surface area (Å²) < 4.78 is 10.5. The molecule has 0 heterocycles. The molecule has 0 aliphatic carbocycles. The molecule has 1 aromatic rings. The third-order valence-electron chi connectivity index (χ3n) is 3.28. The molecular weight excluding hydrogens is 320 g/mol. The van der Waals surface area contributed by atoms with Gasteiger partial charge in [0.25, 0.3) is 5.91 Å². The number of benzene rings is 1. The topological polar surface area (TPSA) is 98.0 Å². The highest BCUT2D eigenvalue weighted by molar-refractivity contribution is 5.79. The number of amides is 1. The predicted octanol–water partition coefficient (Wildman–Crippen LogP) is 1.07. The lowest BCUT2D eigenvalue weighted by Crippen LogP contribution is -2.38. The van der Waals surface area contributed by atoms with Gasteiger partial charge in [0.15, 0.2) is 12.6 Å². The molecule has 0 fully saturated rings. The van der Waals surface area contributed by atoms with Gasteiger partial charge in [-0.05, 0) is 44.4 Å². The number of ether oxygens (including phenoxy) is 2. The molecule has 0 aliphatic heterocycles. The van der Waals surface area contributed by atoms with Crippen molar-refractivity contribution in [2.24, 2.45) is 10.7 Å². The van der Waals surface area contributed by atoms with E-state index in [0.29, 0.717) is 5.75 Å². The summed E-state index contributed by atoms with van der Waals surface area (Å²) in [4.78, 5) is 15.2. The number of carbonyl (C=O) groups is 1. The van der Waals surface area contributed by atoms with Crippen LogP contribution in [0.15, 0.2) is 29.3 Å². The maximum Gasteiger partial charge on any atom is 0.255 e. The highest BCUT2D eigenvalue weighted by atomic mass is 16.5. The average Bonchev–Trinajstić information content (AvgIpc) is 2.60. The van der Waals surface area contributed by atoms with E-state index >= 15 is 0 Å². The Morgan fingerprint density at radius 3 is 2.60 bits per heavy atom. The molecule has 0 atom stereocenters. The number of aliphatic imine (C=N–C) groups is 1. The van der Waals surface area contributed by atoms with Gasteiger partial charge in [0, 0.05) is 32.8 Å². The van der Waals surface area contributed by atoms with E-state index in [0.717, 1.165) is 51.6 Å². The Labute approximate surface area is 150 Å². The first-order valence-corrected chi connectivity index (χ1v) is 8.75. The van der Waals surface area contributed by atoms with E-state index in [-0.39, 0.29) is 6.61 Å². The van der Waals surface area contributed by atoms with E-state index in [1.54, 1.807) is 0 Å². The number of hydrogen-bond donors (Lipinski definition) is 3. The van der Waals surface area contributed by atoms with Crippen LogP contribution in [0.3, 0.4) is 0 Å². The van der Waals surface area contributed by atoms with Crippen molar-refractivity contribution in [2.75, 3.05) is 39.5 Å². The lowest BCUT2D eigenvalue weighted by Gasteiger charge is -2.11. The Morgan fingerprint density at radius 2 is 1.96 bits per heavy atom. The van der Waals surface area contributed by atoms with Gasteiger partial charge in [-0.1, -0.05) is 12.1 Å². The number of nitrogens with one attached hydrogen (secondary N) is 2. The number of carbonyl (C=O) groups excluding carboxylic acids is 1. The molecule has 7 heteroatoms. The normalized spacial score (nSPS) is 11.2. The number of nitrogens with zero attached hydrogens (tertiary/aromatic N) is 1. The summed E-state index contributed by atoms with van der Waals surface area (Å²) in [5.74, 6) is 0.977. The summed E-state index contributed by atoms with van der Waals surface area (Å²) in [6, 6.07) is 7.63. The van der Waals surface area contributed by atoms with Crippen LogP contribution in [0.2, 0.25) is 0 Å². The molecule has 140 valence electrons. The van der Waals surface area contributed by atoms with Crippen LogP contribution in [-0.2, 0) is 16.0 Å². The van der Waals surface area contributed by atoms with Crippen molar-refractivity contribution in [1.29, 1.82) is 0 Å². The van der Waals surface area contributed by atoms with Crippen LogP contribution in [0.25, 0.3) is 0 Å². The third-order valence-corrected chi connectivity index (χ3v) is 3.28. The van der Waals surface area contributed by atoms with Crippen molar-refractivity contribution in [1.82, 2.24) is 10.6 Å². The minimum atomic E-state index is -0.482. The summed E-state index contributed by atoms with van der Waals surface area (Å²) in [6.45, 7) is 7.75. The first-order valence-electron chi connectivity index (χ1n) is 8.75. The van der Waals surface area contributed by atoms with Gasteiger partial charge in [0.1, 0.15) is 5.75 Å². The Hall–Kier alpha value is -2.28. The van der Waals surface area contributed by atoms with Gasteiger partial charge in [0.05, 0.1) is 0 Å². The molecule has 1 amide bonds. The van der Waals surface area contributed by atoms with Gasteiger partial charge in [-0.15, -0.1) is 0 Å². The van der Waals surface area contributed by atoms with Gasteiger partial charge >= 0.3 is 0 Å². The number of nitrogens with two attached hydrogens (primary N) is 1. The second-order valence-corrected chi connectivity index (χ2v) is 5.39. The maximum absolute atomic E-state index is 10.7. The Morgan fingerprint density at radius 1 is 1.20 bits per heavy atom. The van der Waals surface area contributed by atoms with Crippen LogP contribution in [0.5, 0.6) is 5.75 Å². The van der Waals surface area contributed by atoms with Crippen molar-refractivity contribution in [3.05, 3.63) is 29.8 Å². The fourth-order valence-electron chi connectivity index (χ4n) is 2.08. The van der Waals surface area contributed by atoms with Gasteiger partial charge in [-0.3, -0.25) is 9.79 Å². The molecule has 0 saturated heterocycles. The average molecular weight is 350 g/mol. The standard InChI is InChI=1S/C18H30N4O3/c1-3-20-18(21-11-5-13-24-4-2)22-12-10-15-6-8-16(9-7-15)25-14-17(19)23/h6-9H,3-5,10-14H2,1-2H3,(H2,19,23)(H2,20,21,22). The van der Waals surface area contributed by atoms with Crippen LogP contribution in [0.4, 0.5) is 0 Å². The number of rotatable bonds is 12. The van der Waals surface area contributed by atoms with E-state index in [1.807, 2.05) is 38.1 Å². The lowest BCUT2D eigenvalue weighted by atomic mass is 10.1. The molecule has 0 saturated carbocycles. The SMILES string of the molecule is CCNC(=NCCCOCC)NCCc1ccc(OCC(N)=O)cc1. The van der Waals surface area contributed by atoms with Gasteiger partial charge in [-0.25, -0.2) is 0 Å². The highest BCUT2D eigenvalue weighted by Gasteiger charge is 2.00. The summed E-state index contributed by atoms with van der Waals surface area (Å²) in [6.07, 6.45) is 1.77. The molecule has 1 rings (SSSR count). The van der Waals surface area contributed by atoms with Gasteiger partial charge in [-0.2, -0.15) is 0 Å². The minimum absolute atomic E-state index is 0.104. The minimum Gasteiger partial charge on any atom is -0.484 e. The van der Waals surface area contributed by atoms with E-state index in [9.17, 15) is 4.79 Å². The molecule has 0 aromatic heterocycles. The van der Waals surface area contributed by atoms with Crippen LogP contribution in [0.1, 0.15) is 25.8 Å². The molecule has 4 N–H and O–H groups in total. The van der Waals surface area contributed by atoms with E-state index in [4.69, 9.17) is 15.2 Å². The van der Waals surface area contributed by atoms with E-state index in [1.165, 1.54) is 5.56 Å². The van der Waals surface area contributed by atoms with Crippen molar-refractivity contribution >= 4 is 11.9 Å². The first-order chi connectivity index (χ1) is 12.2. The molecule has 0 spiro atoms. The number of primary amides is 1. The van der Waals surface area contributed by atoms with Crippen LogP contribution >= 0.6 is 0 Å². The Balaban J connectivity index is 2.34. The monoisotopic (exact) mass is 350 g/mol. The van der Waals surface area contributed by atoms with Crippen molar-refractivity contribution in [3.8, 4) is 5.75 Å². The molecule has 1 aromatic carbocycles. The second kappa shape index (κ2) is 13.1. The Kier molecular flexibility index (Phi) is 10.8. The zero-order chi connectivity index (χ0) is 18.3. The first kappa shape index (κ1) is 20.8. The fraction of sp³-hybridized carbons (Fsp3) is 0.556. The molecule has 0 aliphatic rings. The highest BCUT2D eigenvalue weighted by Crippen LogP contribution is 2.12. The predicted molar refractivity (Wildman–Crippen MR) is 99.9 cm³/mol. The second-order valence-electron chi connectivity index (χ2n) is 5.39. The van der Waals surface area contributed by atoms with E-state index in [2.05, 4.69) is 15.6 Å². The van der Waals surface area contributed by atoms with Crippen molar-refractivity contribution < 1.29 is 14.3 Å². The smallest absolute Gasteiger partial charge is 0.255 e. The maximum atomic E-state index is 10.7. The third kappa shape index (κ3) is 10.2. The van der Waals surface area contributed by atoms with Crippen molar-refractivity contribution in [2.45, 2.75) is 26.7 Å². The van der Waals surface area contributed by atoms with Crippen molar-refractivity contribution in [3.63, 3.8) is 0 Å². The largest absolute Gasteiger partial charge is 0.484 e. The molecular formula is C18H30N4O3. The van der Waals surface area contributed by atoms with Crippen LogP contribution < -0.4 is 21.1 Å². The zero-order valence-electron chi connectivity index (χ0n) is 15.2. The quantitative estimate of drug-likeness (QED) is 0.298. The van der Waals surface area contributed by atoms with Gasteiger partial charge in [0.2, 0.25) is 0 Å². The summed E-state index contributed by atoms with van der Waals surface area (Å²) >= 11 is 0. The molecule has 0 unspecified atom stereocenters.